The van der Waals surface area contributed by atoms with Crippen molar-refractivity contribution in [3.63, 3.8) is 0 Å². The maximum absolute atomic E-state index is 13.8. The molecular formula is C30H32BrNO5. The fourth-order valence-electron chi connectivity index (χ4n) is 5.85. The van der Waals surface area contributed by atoms with E-state index >= 15 is 0 Å². The number of nitrogens with one attached hydrogen (secondary N) is 1. The van der Waals surface area contributed by atoms with Crippen LogP contribution in [0.2, 0.25) is 0 Å². The summed E-state index contributed by atoms with van der Waals surface area (Å²) in [6, 6.07) is 13.6. The van der Waals surface area contributed by atoms with Crippen molar-refractivity contribution >= 4 is 27.7 Å². The molecule has 0 radical (unpaired) electrons. The molecule has 1 aliphatic heterocycles. The standard InChI is InChI=1S/C30H32BrNO5/c1-3-36-25-16-20(13-22(31)29(25)34)27-26(30(35)37-21-11-7-8-12-21)17(2)32-23-14-19(15-24(33)28(23)27)18-9-5-4-6-10-18/h4-6,9-10,13,16,19,21,27,32,34H,3,7-8,11-12,14-15H2,1-2H3/t19-,27-/m1/s1. The van der Waals surface area contributed by atoms with Gasteiger partial charge in [0, 0.05) is 29.3 Å². The van der Waals surface area contributed by atoms with Gasteiger partial charge >= 0.3 is 5.97 Å². The minimum atomic E-state index is -0.620. The number of phenols is 1. The lowest BCUT2D eigenvalue weighted by molar-refractivity contribution is -0.144. The summed E-state index contributed by atoms with van der Waals surface area (Å²) in [5, 5.41) is 14.0. The second-order valence-corrected chi connectivity index (χ2v) is 10.9. The minimum Gasteiger partial charge on any atom is -0.503 e. The molecule has 2 aliphatic carbocycles. The number of ketones is 1. The Morgan fingerprint density at radius 1 is 1.11 bits per heavy atom. The van der Waals surface area contributed by atoms with Crippen LogP contribution in [0.3, 0.4) is 0 Å². The predicted octanol–water partition coefficient (Wildman–Crippen LogP) is 6.40. The Hall–Kier alpha value is -3.06. The fraction of sp³-hybridized carbons (Fsp3) is 0.400. The third-order valence-electron chi connectivity index (χ3n) is 7.58. The molecule has 1 heterocycles. The molecule has 7 heteroatoms. The van der Waals surface area contributed by atoms with Crippen LogP contribution in [0, 0.1) is 0 Å². The summed E-state index contributed by atoms with van der Waals surface area (Å²) in [6.45, 7) is 4.08. The van der Waals surface area contributed by atoms with E-state index in [-0.39, 0.29) is 23.6 Å². The average Bonchev–Trinajstić information content (AvgIpc) is 3.39. The van der Waals surface area contributed by atoms with Crippen LogP contribution in [-0.2, 0) is 14.3 Å². The first-order chi connectivity index (χ1) is 17.9. The number of esters is 1. The number of carbonyl (C=O) groups is 2. The zero-order valence-corrected chi connectivity index (χ0v) is 22.8. The maximum Gasteiger partial charge on any atom is 0.337 e. The first-order valence-electron chi connectivity index (χ1n) is 13.0. The zero-order valence-electron chi connectivity index (χ0n) is 21.2. The van der Waals surface area contributed by atoms with Gasteiger partial charge in [0.25, 0.3) is 0 Å². The molecule has 194 valence electrons. The Morgan fingerprint density at radius 3 is 2.54 bits per heavy atom. The van der Waals surface area contributed by atoms with E-state index in [4.69, 9.17) is 9.47 Å². The smallest absolute Gasteiger partial charge is 0.337 e. The molecule has 0 unspecified atom stereocenters. The van der Waals surface area contributed by atoms with Gasteiger partial charge in [0.2, 0.25) is 0 Å². The summed E-state index contributed by atoms with van der Waals surface area (Å²) in [5.74, 6) is -0.652. The summed E-state index contributed by atoms with van der Waals surface area (Å²) in [7, 11) is 0. The first-order valence-corrected chi connectivity index (χ1v) is 13.8. The lowest BCUT2D eigenvalue weighted by Gasteiger charge is -2.37. The molecule has 2 aromatic carbocycles. The lowest BCUT2D eigenvalue weighted by atomic mass is 9.71. The van der Waals surface area contributed by atoms with E-state index in [1.807, 2.05) is 32.0 Å². The second-order valence-electron chi connectivity index (χ2n) is 10.0. The summed E-state index contributed by atoms with van der Waals surface area (Å²) in [5.41, 5.74) is 4.39. The number of allylic oxidation sites excluding steroid dienone is 3. The van der Waals surface area contributed by atoms with Crippen LogP contribution in [-0.4, -0.2) is 29.6 Å². The highest BCUT2D eigenvalue weighted by molar-refractivity contribution is 9.10. The monoisotopic (exact) mass is 565 g/mol. The van der Waals surface area contributed by atoms with Crippen LogP contribution in [0.25, 0.3) is 0 Å². The largest absolute Gasteiger partial charge is 0.503 e. The average molecular weight is 566 g/mol. The van der Waals surface area contributed by atoms with Crippen LogP contribution in [0.4, 0.5) is 0 Å². The Kier molecular flexibility index (Phi) is 7.43. The van der Waals surface area contributed by atoms with Gasteiger partial charge in [-0.15, -0.1) is 0 Å². The van der Waals surface area contributed by atoms with Gasteiger partial charge in [-0.2, -0.15) is 0 Å². The van der Waals surface area contributed by atoms with Crippen LogP contribution >= 0.6 is 15.9 Å². The molecular weight excluding hydrogens is 534 g/mol. The van der Waals surface area contributed by atoms with E-state index in [2.05, 4.69) is 33.4 Å². The topological polar surface area (TPSA) is 84.9 Å². The van der Waals surface area contributed by atoms with Gasteiger partial charge in [0.1, 0.15) is 6.10 Å². The van der Waals surface area contributed by atoms with Crippen molar-refractivity contribution in [2.24, 2.45) is 0 Å². The number of benzene rings is 2. The van der Waals surface area contributed by atoms with E-state index in [0.29, 0.717) is 52.1 Å². The highest BCUT2D eigenvalue weighted by atomic mass is 79.9. The van der Waals surface area contributed by atoms with Gasteiger partial charge in [-0.3, -0.25) is 4.79 Å². The highest BCUT2D eigenvalue weighted by Gasteiger charge is 2.42. The molecule has 5 rings (SSSR count). The maximum atomic E-state index is 13.8. The second kappa shape index (κ2) is 10.7. The Balaban J connectivity index is 1.60. The number of halogens is 1. The van der Waals surface area contributed by atoms with Crippen molar-refractivity contribution < 1.29 is 24.2 Å². The molecule has 0 bridgehead atoms. The lowest BCUT2D eigenvalue weighted by Crippen LogP contribution is -2.36. The van der Waals surface area contributed by atoms with Gasteiger partial charge in [-0.1, -0.05) is 30.3 Å². The predicted molar refractivity (Wildman–Crippen MR) is 144 cm³/mol. The summed E-state index contributed by atoms with van der Waals surface area (Å²) >= 11 is 3.44. The number of aromatic hydroxyl groups is 1. The fourth-order valence-corrected chi connectivity index (χ4v) is 6.31. The number of hydrogen-bond acceptors (Lipinski definition) is 6. The van der Waals surface area contributed by atoms with Gasteiger partial charge in [0.15, 0.2) is 17.3 Å². The molecule has 6 nitrogen and oxygen atoms in total. The summed E-state index contributed by atoms with van der Waals surface area (Å²) < 4.78 is 12.1. The van der Waals surface area contributed by atoms with Crippen molar-refractivity contribution in [2.45, 2.75) is 70.3 Å². The van der Waals surface area contributed by atoms with Gasteiger partial charge in [0.05, 0.1) is 16.7 Å². The first kappa shape index (κ1) is 25.6. The van der Waals surface area contributed by atoms with Crippen molar-refractivity contribution in [3.05, 3.63) is 80.6 Å². The van der Waals surface area contributed by atoms with E-state index in [9.17, 15) is 14.7 Å². The molecule has 37 heavy (non-hydrogen) atoms. The van der Waals surface area contributed by atoms with E-state index < -0.39 is 11.9 Å². The van der Waals surface area contributed by atoms with Gasteiger partial charge in [-0.05, 0) is 91.1 Å². The van der Waals surface area contributed by atoms with E-state index in [1.165, 1.54) is 0 Å². The molecule has 0 spiro atoms. The number of hydrogen-bond donors (Lipinski definition) is 2. The van der Waals surface area contributed by atoms with Crippen molar-refractivity contribution in [2.75, 3.05) is 6.61 Å². The third kappa shape index (κ3) is 5.06. The molecule has 1 fully saturated rings. The van der Waals surface area contributed by atoms with Crippen LogP contribution < -0.4 is 10.1 Å². The van der Waals surface area contributed by atoms with Crippen molar-refractivity contribution in [1.82, 2.24) is 5.32 Å². The molecule has 2 atom stereocenters. The van der Waals surface area contributed by atoms with Crippen LogP contribution in [0.1, 0.15) is 75.3 Å². The molecule has 0 aromatic heterocycles. The minimum absolute atomic E-state index is 0.00780. The number of ether oxygens (including phenoxy) is 2. The number of phenolic OH excluding ortho intramolecular Hbond substituents is 1. The van der Waals surface area contributed by atoms with E-state index in [0.717, 1.165) is 36.9 Å². The molecule has 2 N–H and O–H groups in total. The van der Waals surface area contributed by atoms with E-state index in [1.54, 1.807) is 12.1 Å². The van der Waals surface area contributed by atoms with Gasteiger partial charge < -0.3 is 19.9 Å². The van der Waals surface area contributed by atoms with Crippen LogP contribution in [0.5, 0.6) is 11.5 Å². The number of rotatable bonds is 6. The SMILES string of the molecule is CCOc1cc([C@@H]2C(C(=O)OC3CCCC3)=C(C)NC3=C2C(=O)C[C@H](c2ccccc2)C3)cc(Br)c1O. The Morgan fingerprint density at radius 2 is 1.84 bits per heavy atom. The van der Waals surface area contributed by atoms with Crippen LogP contribution in [0.15, 0.2) is 69.5 Å². The summed E-state index contributed by atoms with van der Waals surface area (Å²) in [4.78, 5) is 27.4. The number of Topliss-reactive ketones (excluding diaryl/α,β-unsaturated/α-hetero) is 1. The van der Waals surface area contributed by atoms with Gasteiger partial charge in [-0.25, -0.2) is 4.79 Å². The Labute approximate surface area is 225 Å². The quantitative estimate of drug-likeness (QED) is 0.394. The van der Waals surface area contributed by atoms with Crippen molar-refractivity contribution in [1.29, 1.82) is 0 Å². The normalized spacial score (nSPS) is 22.1. The third-order valence-corrected chi connectivity index (χ3v) is 8.18. The molecule has 1 saturated carbocycles. The Bertz CT molecular complexity index is 1280. The highest BCUT2D eigenvalue weighted by Crippen LogP contribution is 2.48. The molecule has 2 aromatic rings. The zero-order chi connectivity index (χ0) is 26.1. The van der Waals surface area contributed by atoms with Crippen molar-refractivity contribution in [3.8, 4) is 11.5 Å². The summed E-state index contributed by atoms with van der Waals surface area (Å²) in [6.07, 6.45) is 4.76. The molecule has 3 aliphatic rings. The number of dihydropyridines is 1. The molecule has 0 amide bonds. The number of carbonyl (C=O) groups excluding carboxylic acids is 2. The molecule has 0 saturated heterocycles.